The van der Waals surface area contributed by atoms with Gasteiger partial charge in [0.1, 0.15) is 0 Å². The monoisotopic (exact) mass is 192 g/mol. The summed E-state index contributed by atoms with van der Waals surface area (Å²) in [5.74, 6) is 0. The fraction of sp³-hybridized carbons (Fsp3) is 1.00. The molecule has 0 aliphatic heterocycles. The molecule has 0 saturated carbocycles. The van der Waals surface area contributed by atoms with Crippen LogP contribution in [0.15, 0.2) is 0 Å². The molecule has 0 N–H and O–H groups in total. The van der Waals surface area contributed by atoms with Crippen LogP contribution in [0.3, 0.4) is 0 Å². The van der Waals surface area contributed by atoms with Crippen molar-refractivity contribution in [1.82, 2.24) is 0 Å². The van der Waals surface area contributed by atoms with Gasteiger partial charge in [-0.05, 0) is 26.9 Å². The molecule has 0 aromatic heterocycles. The average Bonchev–Trinajstić information content (AvgIpc) is 1.87. The number of hydrogen-bond acceptors (Lipinski definition) is 3. The lowest BCUT2D eigenvalue weighted by molar-refractivity contribution is 0.240. The Balaban J connectivity index is 3.32. The standard InChI is InChI=1S/C6H16O3Si2/c1-5-7-10(3)9-11(4)8-6-2/h5-6H2,1-4H3. The summed E-state index contributed by atoms with van der Waals surface area (Å²) in [6.45, 7) is 9.38. The molecule has 0 heterocycles. The van der Waals surface area contributed by atoms with Gasteiger partial charge in [-0.25, -0.2) is 0 Å². The molecule has 0 amide bonds. The van der Waals surface area contributed by atoms with Crippen LogP contribution in [-0.4, -0.2) is 31.8 Å². The number of rotatable bonds is 6. The first-order chi connectivity index (χ1) is 5.20. The van der Waals surface area contributed by atoms with E-state index in [1.54, 1.807) is 0 Å². The van der Waals surface area contributed by atoms with Gasteiger partial charge in [0.25, 0.3) is 0 Å². The van der Waals surface area contributed by atoms with Crippen LogP contribution in [0.2, 0.25) is 13.1 Å². The molecule has 0 atom stereocenters. The lowest BCUT2D eigenvalue weighted by Gasteiger charge is -2.13. The van der Waals surface area contributed by atoms with Crippen molar-refractivity contribution in [2.24, 2.45) is 0 Å². The first-order valence-electron chi connectivity index (χ1n) is 3.81. The third kappa shape index (κ3) is 6.70. The predicted molar refractivity (Wildman–Crippen MR) is 47.6 cm³/mol. The second-order valence-electron chi connectivity index (χ2n) is 1.95. The second-order valence-corrected chi connectivity index (χ2v) is 5.31. The lowest BCUT2D eigenvalue weighted by atomic mass is 10.9. The van der Waals surface area contributed by atoms with Crippen LogP contribution in [0.4, 0.5) is 0 Å². The average molecular weight is 192 g/mol. The Morgan fingerprint density at radius 2 is 1.27 bits per heavy atom. The van der Waals surface area contributed by atoms with Crippen LogP contribution in [0.25, 0.3) is 0 Å². The van der Waals surface area contributed by atoms with Gasteiger partial charge in [0.05, 0.1) is 0 Å². The summed E-state index contributed by atoms with van der Waals surface area (Å²) in [6, 6.07) is 0. The molecule has 3 nitrogen and oxygen atoms in total. The van der Waals surface area contributed by atoms with Crippen LogP contribution in [0.1, 0.15) is 13.8 Å². The molecule has 66 valence electrons. The highest BCUT2D eigenvalue weighted by molar-refractivity contribution is 6.57. The van der Waals surface area contributed by atoms with E-state index in [0.29, 0.717) is 0 Å². The molecule has 0 aromatic carbocycles. The summed E-state index contributed by atoms with van der Waals surface area (Å²) in [5.41, 5.74) is 0. The van der Waals surface area contributed by atoms with E-state index in [-0.39, 0.29) is 0 Å². The molecule has 0 aliphatic carbocycles. The first-order valence-corrected chi connectivity index (χ1v) is 7.44. The maximum absolute atomic E-state index is 5.49. The summed E-state index contributed by atoms with van der Waals surface area (Å²) < 4.78 is 16.1. The quantitative estimate of drug-likeness (QED) is 0.594. The van der Waals surface area contributed by atoms with Gasteiger partial charge in [-0.1, -0.05) is 0 Å². The Morgan fingerprint density at radius 3 is 1.55 bits per heavy atom. The number of hydrogen-bond donors (Lipinski definition) is 0. The van der Waals surface area contributed by atoms with Crippen LogP contribution >= 0.6 is 0 Å². The van der Waals surface area contributed by atoms with Crippen LogP contribution < -0.4 is 0 Å². The van der Waals surface area contributed by atoms with Gasteiger partial charge in [-0.2, -0.15) is 0 Å². The molecular formula is C6H16O3Si2. The summed E-state index contributed by atoms with van der Waals surface area (Å²) in [5, 5.41) is 0. The van der Waals surface area contributed by atoms with E-state index in [9.17, 15) is 0 Å². The largest absolute Gasteiger partial charge is 0.413 e. The molecule has 0 saturated heterocycles. The molecule has 11 heavy (non-hydrogen) atoms. The van der Waals surface area contributed by atoms with Crippen molar-refractivity contribution in [1.29, 1.82) is 0 Å². The minimum Gasteiger partial charge on any atom is -0.413 e. The highest BCUT2D eigenvalue weighted by atomic mass is 28.4. The van der Waals surface area contributed by atoms with E-state index < -0.39 is 18.6 Å². The smallest absolute Gasteiger partial charge is 0.371 e. The molecule has 5 heteroatoms. The Labute approximate surface area is 72.4 Å². The van der Waals surface area contributed by atoms with E-state index in [2.05, 4.69) is 0 Å². The van der Waals surface area contributed by atoms with Crippen LogP contribution in [0, 0.1) is 0 Å². The molecule has 0 fully saturated rings. The molecule has 0 rings (SSSR count). The summed E-state index contributed by atoms with van der Waals surface area (Å²) in [6.07, 6.45) is 0. The van der Waals surface area contributed by atoms with Crippen molar-refractivity contribution < 1.29 is 13.0 Å². The van der Waals surface area contributed by atoms with Crippen molar-refractivity contribution in [3.63, 3.8) is 0 Å². The summed E-state index contributed by atoms with van der Waals surface area (Å²) in [7, 11) is -2.08. The van der Waals surface area contributed by atoms with Crippen LogP contribution in [-0.2, 0) is 13.0 Å². The summed E-state index contributed by atoms with van der Waals surface area (Å²) in [4.78, 5) is 0. The Morgan fingerprint density at radius 1 is 0.909 bits per heavy atom. The summed E-state index contributed by atoms with van der Waals surface area (Å²) >= 11 is 0. The predicted octanol–water partition coefficient (Wildman–Crippen LogP) is 1.31. The second kappa shape index (κ2) is 6.99. The van der Waals surface area contributed by atoms with Gasteiger partial charge in [0, 0.05) is 13.2 Å². The third-order valence-corrected chi connectivity index (χ3v) is 4.67. The SMILES string of the molecule is CCO[Si](C)O[Si](C)OCC. The van der Waals surface area contributed by atoms with Crippen molar-refractivity contribution in [3.05, 3.63) is 0 Å². The van der Waals surface area contributed by atoms with E-state index in [1.807, 2.05) is 26.9 Å². The van der Waals surface area contributed by atoms with Gasteiger partial charge in [-0.15, -0.1) is 0 Å². The zero-order chi connectivity index (χ0) is 8.69. The maximum Gasteiger partial charge on any atom is 0.371 e. The molecule has 0 unspecified atom stereocenters. The third-order valence-electron chi connectivity index (χ3n) is 0.983. The van der Waals surface area contributed by atoms with Crippen molar-refractivity contribution in [2.75, 3.05) is 13.2 Å². The van der Waals surface area contributed by atoms with Crippen molar-refractivity contribution >= 4 is 18.6 Å². The normalized spacial score (nSPS) is 11.5. The maximum atomic E-state index is 5.49. The fourth-order valence-electron chi connectivity index (χ4n) is 0.668. The minimum absolute atomic E-state index is 0.728. The first kappa shape index (κ1) is 11.3. The van der Waals surface area contributed by atoms with E-state index >= 15 is 0 Å². The van der Waals surface area contributed by atoms with E-state index in [1.165, 1.54) is 0 Å². The minimum atomic E-state index is -1.04. The van der Waals surface area contributed by atoms with Crippen molar-refractivity contribution in [2.45, 2.75) is 26.9 Å². The molecule has 0 aliphatic rings. The zero-order valence-electron chi connectivity index (χ0n) is 7.64. The molecule has 0 aromatic rings. The fourth-order valence-corrected chi connectivity index (χ4v) is 3.57. The lowest BCUT2D eigenvalue weighted by Crippen LogP contribution is -2.29. The molecule has 0 bridgehead atoms. The van der Waals surface area contributed by atoms with Gasteiger partial charge in [0.2, 0.25) is 0 Å². The molecule has 0 spiro atoms. The topological polar surface area (TPSA) is 27.7 Å². The highest BCUT2D eigenvalue weighted by Gasteiger charge is 2.14. The highest BCUT2D eigenvalue weighted by Crippen LogP contribution is 1.94. The molecule has 2 radical (unpaired) electrons. The van der Waals surface area contributed by atoms with Gasteiger partial charge < -0.3 is 13.0 Å². The van der Waals surface area contributed by atoms with E-state index in [4.69, 9.17) is 13.0 Å². The Hall–Kier alpha value is 0.314. The van der Waals surface area contributed by atoms with Gasteiger partial charge in [-0.3, -0.25) is 0 Å². The van der Waals surface area contributed by atoms with Crippen LogP contribution in [0.5, 0.6) is 0 Å². The molecular weight excluding hydrogens is 176 g/mol. The Kier molecular flexibility index (Phi) is 7.19. The van der Waals surface area contributed by atoms with Gasteiger partial charge >= 0.3 is 18.6 Å². The van der Waals surface area contributed by atoms with E-state index in [0.717, 1.165) is 13.2 Å². The zero-order valence-corrected chi connectivity index (χ0v) is 9.64. The Bertz CT molecular complexity index is 81.9. The van der Waals surface area contributed by atoms with Gasteiger partial charge in [0.15, 0.2) is 0 Å². The van der Waals surface area contributed by atoms with Crippen molar-refractivity contribution in [3.8, 4) is 0 Å².